The lowest BCUT2D eigenvalue weighted by molar-refractivity contribution is -0.141. The topological polar surface area (TPSA) is 122 Å². The molecule has 0 aliphatic heterocycles. The van der Waals surface area contributed by atoms with E-state index in [1.165, 1.54) is 13.1 Å². The first-order chi connectivity index (χ1) is 17.6. The van der Waals surface area contributed by atoms with Crippen LogP contribution in [0.2, 0.25) is 0 Å². The fourth-order valence-corrected chi connectivity index (χ4v) is 3.42. The van der Waals surface area contributed by atoms with Gasteiger partial charge in [-0.25, -0.2) is 14.8 Å². The summed E-state index contributed by atoms with van der Waals surface area (Å²) in [6.45, 7) is 3.21. The number of anilines is 3. The number of nitrogens with zero attached hydrogens (tertiary/aromatic N) is 4. The lowest BCUT2D eigenvalue weighted by atomic mass is 10.0. The maximum atomic E-state index is 12.7. The van der Waals surface area contributed by atoms with E-state index in [-0.39, 0.29) is 11.6 Å². The van der Waals surface area contributed by atoms with Gasteiger partial charge in [-0.15, -0.1) is 0 Å². The zero-order valence-electron chi connectivity index (χ0n) is 19.6. The monoisotopic (exact) mass is 507 g/mol. The Bertz CT molecular complexity index is 1460. The Morgan fingerprint density at radius 1 is 0.784 bits per heavy atom. The Morgan fingerprint density at radius 2 is 1.49 bits per heavy atom. The zero-order chi connectivity index (χ0) is 26.6. The molecule has 0 atom stereocenters. The van der Waals surface area contributed by atoms with Crippen LogP contribution in [0.3, 0.4) is 0 Å². The highest BCUT2D eigenvalue weighted by Crippen LogP contribution is 2.29. The van der Waals surface area contributed by atoms with Crippen LogP contribution in [-0.4, -0.2) is 31.9 Å². The third kappa shape index (κ3) is 6.42. The number of carbonyl (C=O) groups is 2. The molecule has 188 valence electrons. The normalized spacial score (nSPS) is 11.1. The highest BCUT2D eigenvalue weighted by atomic mass is 19.4. The number of pyridine rings is 4. The summed E-state index contributed by atoms with van der Waals surface area (Å²) in [7, 11) is 0. The summed E-state index contributed by atoms with van der Waals surface area (Å²) in [5.41, 5.74) is 3.00. The number of rotatable bonds is 5. The molecule has 4 aromatic heterocycles. The largest absolute Gasteiger partial charge is 0.433 e. The highest BCUT2D eigenvalue weighted by molar-refractivity contribution is 6.00. The summed E-state index contributed by atoms with van der Waals surface area (Å²) < 4.78 is 38.0. The van der Waals surface area contributed by atoms with Gasteiger partial charge >= 0.3 is 12.2 Å². The minimum atomic E-state index is -4.57. The molecule has 4 heterocycles. The van der Waals surface area contributed by atoms with Gasteiger partial charge in [-0.2, -0.15) is 13.2 Å². The predicted molar refractivity (Wildman–Crippen MR) is 132 cm³/mol. The molecule has 0 spiro atoms. The number of amides is 3. The third-order valence-electron chi connectivity index (χ3n) is 5.09. The molecule has 0 aliphatic carbocycles. The molecule has 9 nitrogen and oxygen atoms in total. The van der Waals surface area contributed by atoms with Crippen molar-refractivity contribution in [1.82, 2.24) is 19.9 Å². The fraction of sp³-hybridized carbons (Fsp3) is 0.120. The van der Waals surface area contributed by atoms with Gasteiger partial charge in [0.05, 0.1) is 29.5 Å². The molecule has 0 aliphatic rings. The van der Waals surface area contributed by atoms with E-state index >= 15 is 0 Å². The van der Waals surface area contributed by atoms with Crippen LogP contribution >= 0.6 is 0 Å². The van der Waals surface area contributed by atoms with E-state index in [1.807, 2.05) is 13.0 Å². The van der Waals surface area contributed by atoms with Crippen LogP contribution in [0.15, 0.2) is 67.3 Å². The summed E-state index contributed by atoms with van der Waals surface area (Å²) in [5, 5.41) is 7.69. The zero-order valence-corrected chi connectivity index (χ0v) is 19.6. The second-order valence-corrected chi connectivity index (χ2v) is 7.91. The molecular formula is C25H20F3N7O2. The van der Waals surface area contributed by atoms with Gasteiger partial charge in [-0.3, -0.25) is 14.8 Å². The SMILES string of the molecule is CC(=O)Nc1cc(-c2cc(-c3cc(NC(=O)Nc4ccc(C(F)(F)F)nc4)cnc3C)ccn2)ccn1. The molecule has 37 heavy (non-hydrogen) atoms. The number of nitrogens with one attached hydrogen (secondary N) is 3. The second kappa shape index (κ2) is 10.4. The highest BCUT2D eigenvalue weighted by Gasteiger charge is 2.32. The fourth-order valence-electron chi connectivity index (χ4n) is 3.42. The standard InChI is InChI=1S/C25H20F3N7O2/c1-14-20(16-5-7-29-21(9-16)17-6-8-30-23(10-17)33-15(2)36)11-19(13-31-14)35-24(37)34-18-3-4-22(32-12-18)25(26,27)28/h3-13H,1-2H3,(H,30,33,36)(H2,34,35,37). The van der Waals surface area contributed by atoms with Gasteiger partial charge in [-0.1, -0.05) is 0 Å². The van der Waals surface area contributed by atoms with Crippen LogP contribution in [0.25, 0.3) is 22.4 Å². The van der Waals surface area contributed by atoms with Crippen molar-refractivity contribution in [1.29, 1.82) is 0 Å². The van der Waals surface area contributed by atoms with Crippen LogP contribution in [0.1, 0.15) is 18.3 Å². The average Bonchev–Trinajstić information content (AvgIpc) is 2.85. The minimum Gasteiger partial charge on any atom is -0.311 e. The molecule has 4 rings (SSSR count). The van der Waals surface area contributed by atoms with Crippen molar-refractivity contribution in [3.05, 3.63) is 78.6 Å². The van der Waals surface area contributed by atoms with E-state index < -0.39 is 17.9 Å². The van der Waals surface area contributed by atoms with Gasteiger partial charge < -0.3 is 16.0 Å². The van der Waals surface area contributed by atoms with Crippen molar-refractivity contribution in [3.63, 3.8) is 0 Å². The lowest BCUT2D eigenvalue weighted by Crippen LogP contribution is -2.20. The molecule has 0 bridgehead atoms. The number of hydrogen-bond acceptors (Lipinski definition) is 6. The molecular weight excluding hydrogens is 487 g/mol. The predicted octanol–water partition coefficient (Wildman–Crippen LogP) is 5.53. The number of halogens is 3. The molecule has 0 unspecified atom stereocenters. The van der Waals surface area contributed by atoms with Crippen molar-refractivity contribution in [2.24, 2.45) is 0 Å². The summed E-state index contributed by atoms with van der Waals surface area (Å²) in [4.78, 5) is 39.9. The van der Waals surface area contributed by atoms with Gasteiger partial charge in [-0.05, 0) is 55.0 Å². The number of aryl methyl sites for hydroxylation is 1. The van der Waals surface area contributed by atoms with E-state index in [2.05, 4.69) is 35.9 Å². The molecule has 0 fully saturated rings. The van der Waals surface area contributed by atoms with Gasteiger partial charge in [0.2, 0.25) is 5.91 Å². The minimum absolute atomic E-state index is 0.0977. The molecule has 12 heteroatoms. The maximum Gasteiger partial charge on any atom is 0.433 e. The number of aromatic nitrogens is 4. The Labute approximate surface area is 209 Å². The van der Waals surface area contributed by atoms with Crippen LogP contribution in [0, 0.1) is 6.92 Å². The van der Waals surface area contributed by atoms with E-state index in [4.69, 9.17) is 0 Å². The Balaban J connectivity index is 1.52. The Hall–Kier alpha value is -4.87. The molecule has 0 aromatic carbocycles. The van der Waals surface area contributed by atoms with Crippen molar-refractivity contribution >= 4 is 29.1 Å². The maximum absolute atomic E-state index is 12.7. The van der Waals surface area contributed by atoms with Crippen LogP contribution in [0.4, 0.5) is 35.2 Å². The number of alkyl halides is 3. The summed E-state index contributed by atoms with van der Waals surface area (Å²) >= 11 is 0. The van der Waals surface area contributed by atoms with Crippen molar-refractivity contribution in [2.75, 3.05) is 16.0 Å². The smallest absolute Gasteiger partial charge is 0.311 e. The second-order valence-electron chi connectivity index (χ2n) is 7.91. The lowest BCUT2D eigenvalue weighted by Gasteiger charge is -2.12. The van der Waals surface area contributed by atoms with E-state index in [0.29, 0.717) is 22.9 Å². The first kappa shape index (κ1) is 25.2. The Morgan fingerprint density at radius 3 is 2.19 bits per heavy atom. The summed E-state index contributed by atoms with van der Waals surface area (Å²) in [5.74, 6) is 0.159. The van der Waals surface area contributed by atoms with Crippen molar-refractivity contribution < 1.29 is 22.8 Å². The summed E-state index contributed by atoms with van der Waals surface area (Å²) in [6.07, 6.45) is 1.02. The first-order valence-corrected chi connectivity index (χ1v) is 10.9. The third-order valence-corrected chi connectivity index (χ3v) is 5.09. The Kier molecular flexibility index (Phi) is 7.09. The molecule has 0 radical (unpaired) electrons. The summed E-state index contributed by atoms with van der Waals surface area (Å²) in [6, 6.07) is 10.1. The van der Waals surface area contributed by atoms with E-state index in [0.717, 1.165) is 35.0 Å². The van der Waals surface area contributed by atoms with Crippen molar-refractivity contribution in [2.45, 2.75) is 20.0 Å². The average molecular weight is 507 g/mol. The molecule has 3 N–H and O–H groups in total. The molecule has 0 saturated carbocycles. The molecule has 3 amide bonds. The van der Waals surface area contributed by atoms with Gasteiger partial charge in [0.1, 0.15) is 11.5 Å². The first-order valence-electron chi connectivity index (χ1n) is 10.9. The van der Waals surface area contributed by atoms with Gasteiger partial charge in [0.25, 0.3) is 0 Å². The van der Waals surface area contributed by atoms with Crippen molar-refractivity contribution in [3.8, 4) is 22.4 Å². The number of hydrogen-bond donors (Lipinski definition) is 3. The van der Waals surface area contributed by atoms with Gasteiger partial charge in [0, 0.05) is 36.1 Å². The van der Waals surface area contributed by atoms with Crippen LogP contribution in [-0.2, 0) is 11.0 Å². The molecule has 0 saturated heterocycles. The van der Waals surface area contributed by atoms with Crippen LogP contribution in [0.5, 0.6) is 0 Å². The van der Waals surface area contributed by atoms with Crippen LogP contribution < -0.4 is 16.0 Å². The van der Waals surface area contributed by atoms with E-state index in [1.54, 1.807) is 36.7 Å². The number of carbonyl (C=O) groups excluding carboxylic acids is 2. The molecule has 4 aromatic rings. The van der Waals surface area contributed by atoms with Gasteiger partial charge in [0.15, 0.2) is 0 Å². The quantitative estimate of drug-likeness (QED) is 0.327. The number of urea groups is 1. The van der Waals surface area contributed by atoms with E-state index in [9.17, 15) is 22.8 Å².